The number of fused-ring (bicyclic) bond motifs is 1. The molecule has 0 atom stereocenters. The summed E-state index contributed by atoms with van der Waals surface area (Å²) >= 11 is 0. The fraction of sp³-hybridized carbons (Fsp3) is 0.438. The van der Waals surface area contributed by atoms with E-state index < -0.39 is 5.91 Å². The number of rotatable bonds is 8. The van der Waals surface area contributed by atoms with Crippen molar-refractivity contribution in [1.29, 1.82) is 0 Å². The molecule has 21 heavy (non-hydrogen) atoms. The number of carbonyl (C=O) groups is 1. The molecule has 0 unspecified atom stereocenters. The van der Waals surface area contributed by atoms with Gasteiger partial charge in [-0.3, -0.25) is 4.79 Å². The van der Waals surface area contributed by atoms with Crippen LogP contribution in [-0.2, 0) is 6.42 Å². The zero-order chi connectivity index (χ0) is 15.2. The Hall–Kier alpha value is -2.01. The number of hydrogen-bond donors (Lipinski definition) is 4. The van der Waals surface area contributed by atoms with Gasteiger partial charge in [0, 0.05) is 10.9 Å². The molecule has 0 bridgehead atoms. The van der Waals surface area contributed by atoms with Crippen molar-refractivity contribution >= 4 is 22.6 Å². The van der Waals surface area contributed by atoms with Crippen LogP contribution in [0.5, 0.6) is 0 Å². The van der Waals surface area contributed by atoms with E-state index in [1.165, 1.54) is 31.2 Å². The molecule has 0 fully saturated rings. The van der Waals surface area contributed by atoms with Crippen LogP contribution in [-0.4, -0.2) is 17.6 Å². The predicted octanol–water partition coefficient (Wildman–Crippen LogP) is 2.72. The first-order valence-electron chi connectivity index (χ1n) is 7.55. The molecule has 1 amide bonds. The average Bonchev–Trinajstić information content (AvgIpc) is 2.81. The van der Waals surface area contributed by atoms with Gasteiger partial charge in [0.05, 0.1) is 12.2 Å². The van der Waals surface area contributed by atoms with Crippen molar-refractivity contribution in [3.63, 3.8) is 0 Å². The summed E-state index contributed by atoms with van der Waals surface area (Å²) in [5.41, 5.74) is 13.6. The van der Waals surface area contributed by atoms with E-state index in [1.54, 1.807) is 0 Å². The van der Waals surface area contributed by atoms with Crippen LogP contribution in [0.15, 0.2) is 18.2 Å². The highest BCUT2D eigenvalue weighted by Crippen LogP contribution is 2.27. The SMILES string of the molecule is CCCCCCc1ccc2c(C(N)=O)c(NCN)[nH]c2c1. The van der Waals surface area contributed by atoms with E-state index in [0.717, 1.165) is 17.3 Å². The highest BCUT2D eigenvalue weighted by molar-refractivity contribution is 6.11. The van der Waals surface area contributed by atoms with Gasteiger partial charge in [-0.1, -0.05) is 38.3 Å². The van der Waals surface area contributed by atoms with Crippen LogP contribution >= 0.6 is 0 Å². The lowest BCUT2D eigenvalue weighted by molar-refractivity contribution is 0.100. The molecular weight excluding hydrogens is 264 g/mol. The molecule has 0 aliphatic rings. The maximum atomic E-state index is 11.6. The lowest BCUT2D eigenvalue weighted by Gasteiger charge is -2.02. The number of aryl methyl sites for hydroxylation is 1. The molecule has 2 rings (SSSR count). The molecule has 2 aromatic rings. The lowest BCUT2D eigenvalue weighted by atomic mass is 10.0. The summed E-state index contributed by atoms with van der Waals surface area (Å²) in [5.74, 6) is 0.149. The summed E-state index contributed by atoms with van der Waals surface area (Å²) in [7, 11) is 0. The zero-order valence-electron chi connectivity index (χ0n) is 12.5. The summed E-state index contributed by atoms with van der Waals surface area (Å²) in [6, 6.07) is 6.12. The number of benzene rings is 1. The van der Waals surface area contributed by atoms with Gasteiger partial charge in [-0.15, -0.1) is 0 Å². The highest BCUT2D eigenvalue weighted by Gasteiger charge is 2.15. The first kappa shape index (κ1) is 15.4. The van der Waals surface area contributed by atoms with Crippen molar-refractivity contribution in [3.05, 3.63) is 29.3 Å². The Morgan fingerprint density at radius 2 is 2.10 bits per heavy atom. The molecule has 0 aliphatic heterocycles. The number of aromatic amines is 1. The molecule has 1 aromatic heterocycles. The second-order valence-corrected chi connectivity index (χ2v) is 5.31. The van der Waals surface area contributed by atoms with Gasteiger partial charge < -0.3 is 21.8 Å². The third-order valence-corrected chi connectivity index (χ3v) is 3.71. The summed E-state index contributed by atoms with van der Waals surface area (Å²) in [4.78, 5) is 14.8. The minimum Gasteiger partial charge on any atom is -0.365 e. The van der Waals surface area contributed by atoms with Crippen LogP contribution < -0.4 is 16.8 Å². The van der Waals surface area contributed by atoms with Crippen LogP contribution in [0.25, 0.3) is 10.9 Å². The monoisotopic (exact) mass is 288 g/mol. The summed E-state index contributed by atoms with van der Waals surface area (Å²) in [6.07, 6.45) is 6.02. The van der Waals surface area contributed by atoms with Crippen molar-refractivity contribution in [2.24, 2.45) is 11.5 Å². The smallest absolute Gasteiger partial charge is 0.253 e. The molecule has 5 heteroatoms. The van der Waals surface area contributed by atoms with Gasteiger partial charge in [-0.25, -0.2) is 0 Å². The van der Waals surface area contributed by atoms with Crippen LogP contribution in [0.1, 0.15) is 48.5 Å². The zero-order valence-corrected chi connectivity index (χ0v) is 12.5. The number of carbonyl (C=O) groups excluding carboxylic acids is 1. The maximum Gasteiger partial charge on any atom is 0.253 e. The van der Waals surface area contributed by atoms with Gasteiger partial charge in [-0.2, -0.15) is 0 Å². The van der Waals surface area contributed by atoms with Crippen molar-refractivity contribution in [2.75, 3.05) is 12.0 Å². The minimum absolute atomic E-state index is 0.247. The van der Waals surface area contributed by atoms with E-state index in [-0.39, 0.29) is 6.67 Å². The number of anilines is 1. The van der Waals surface area contributed by atoms with Crippen molar-refractivity contribution in [1.82, 2.24) is 4.98 Å². The molecule has 5 nitrogen and oxygen atoms in total. The topological polar surface area (TPSA) is 96.9 Å². The number of unbranched alkanes of at least 4 members (excludes halogenated alkanes) is 3. The quantitative estimate of drug-likeness (QED) is 0.444. The standard InChI is InChI=1S/C16H24N4O/c1-2-3-4-5-6-11-7-8-12-13(9-11)20-16(19-10-17)14(12)15(18)21/h7-9,19-20H,2-6,10,17H2,1H3,(H2,18,21). The fourth-order valence-corrected chi connectivity index (χ4v) is 2.65. The van der Waals surface area contributed by atoms with Crippen molar-refractivity contribution < 1.29 is 4.79 Å². The molecule has 0 saturated heterocycles. The molecule has 6 N–H and O–H groups in total. The second-order valence-electron chi connectivity index (χ2n) is 5.31. The van der Waals surface area contributed by atoms with E-state index in [1.807, 2.05) is 6.07 Å². The predicted molar refractivity (Wildman–Crippen MR) is 87.3 cm³/mol. The number of nitrogens with two attached hydrogens (primary N) is 2. The molecule has 1 aromatic carbocycles. The second kappa shape index (κ2) is 7.13. The Balaban J connectivity index is 2.25. The van der Waals surface area contributed by atoms with Crippen LogP contribution in [0, 0.1) is 0 Å². The third-order valence-electron chi connectivity index (χ3n) is 3.71. The Bertz CT molecular complexity index is 618. The number of amides is 1. The van der Waals surface area contributed by atoms with Gasteiger partial charge in [0.2, 0.25) is 0 Å². The largest absolute Gasteiger partial charge is 0.365 e. The van der Waals surface area contributed by atoms with Crippen molar-refractivity contribution in [3.8, 4) is 0 Å². The number of hydrogen-bond acceptors (Lipinski definition) is 3. The molecule has 114 valence electrons. The van der Waals surface area contributed by atoms with E-state index >= 15 is 0 Å². The van der Waals surface area contributed by atoms with Gasteiger partial charge in [0.15, 0.2) is 0 Å². The first-order chi connectivity index (χ1) is 10.2. The summed E-state index contributed by atoms with van der Waals surface area (Å²) < 4.78 is 0. The van der Waals surface area contributed by atoms with E-state index in [0.29, 0.717) is 11.4 Å². The van der Waals surface area contributed by atoms with Gasteiger partial charge in [-0.05, 0) is 24.5 Å². The Kier molecular flexibility index (Phi) is 5.22. The number of H-pyrrole nitrogens is 1. The summed E-state index contributed by atoms with van der Waals surface area (Å²) in [6.45, 7) is 2.46. The van der Waals surface area contributed by atoms with E-state index in [4.69, 9.17) is 11.5 Å². The average molecular weight is 288 g/mol. The molecule has 0 saturated carbocycles. The molecule has 1 heterocycles. The number of aromatic nitrogens is 1. The van der Waals surface area contributed by atoms with Crippen molar-refractivity contribution in [2.45, 2.75) is 39.0 Å². The Morgan fingerprint density at radius 3 is 2.76 bits per heavy atom. The first-order valence-corrected chi connectivity index (χ1v) is 7.55. The fourth-order valence-electron chi connectivity index (χ4n) is 2.65. The van der Waals surface area contributed by atoms with Gasteiger partial charge in [0.1, 0.15) is 5.82 Å². The molecule has 0 radical (unpaired) electrons. The third kappa shape index (κ3) is 3.55. The van der Waals surface area contributed by atoms with E-state index in [2.05, 4.69) is 29.4 Å². The number of primary amides is 1. The summed E-state index contributed by atoms with van der Waals surface area (Å²) in [5, 5.41) is 3.79. The van der Waals surface area contributed by atoms with E-state index in [9.17, 15) is 4.79 Å². The van der Waals surface area contributed by atoms with Crippen LogP contribution in [0.4, 0.5) is 5.82 Å². The normalized spacial score (nSPS) is 11.0. The minimum atomic E-state index is -0.451. The van der Waals surface area contributed by atoms with Gasteiger partial charge in [0.25, 0.3) is 5.91 Å². The molecular formula is C16H24N4O. The lowest BCUT2D eigenvalue weighted by Crippen LogP contribution is -2.17. The number of nitrogens with one attached hydrogen (secondary N) is 2. The molecule has 0 aliphatic carbocycles. The Morgan fingerprint density at radius 1 is 1.29 bits per heavy atom. The highest BCUT2D eigenvalue weighted by atomic mass is 16.1. The maximum absolute atomic E-state index is 11.6. The Labute approximate surface area is 125 Å². The molecule has 0 spiro atoms. The van der Waals surface area contributed by atoms with Crippen LogP contribution in [0.3, 0.4) is 0 Å². The van der Waals surface area contributed by atoms with Crippen LogP contribution in [0.2, 0.25) is 0 Å². The van der Waals surface area contributed by atoms with Gasteiger partial charge >= 0.3 is 0 Å².